The first-order chi connectivity index (χ1) is 8.96. The molecule has 0 saturated carbocycles. The number of likely N-dealkylation sites (N-methyl/N-ethyl adjacent to an activating group) is 1. The highest BCUT2D eigenvalue weighted by molar-refractivity contribution is 5.85. The van der Waals surface area contributed by atoms with Crippen molar-refractivity contribution in [3.8, 4) is 0 Å². The molecule has 0 heterocycles. The average molecular weight is 274 g/mol. The molecule has 0 radical (unpaired) electrons. The molecule has 0 saturated heterocycles. The van der Waals surface area contributed by atoms with Crippen LogP contribution in [0.25, 0.3) is 0 Å². The lowest BCUT2D eigenvalue weighted by molar-refractivity contribution is -0.141. The Labute approximate surface area is 112 Å². The number of nitrogens with zero attached hydrogens (tertiary/aromatic N) is 1. The van der Waals surface area contributed by atoms with E-state index in [2.05, 4.69) is 10.1 Å². The van der Waals surface area contributed by atoms with Crippen molar-refractivity contribution in [2.75, 3.05) is 20.2 Å². The monoisotopic (exact) mass is 274 g/mol. The molecule has 0 aromatic rings. The van der Waals surface area contributed by atoms with Crippen LogP contribution in [0, 0.1) is 0 Å². The van der Waals surface area contributed by atoms with Crippen LogP contribution in [-0.4, -0.2) is 54.2 Å². The highest BCUT2D eigenvalue weighted by atomic mass is 16.5. The van der Waals surface area contributed by atoms with Gasteiger partial charge in [-0.05, 0) is 13.3 Å². The van der Waals surface area contributed by atoms with Crippen molar-refractivity contribution in [3.05, 3.63) is 0 Å². The van der Waals surface area contributed by atoms with E-state index < -0.39 is 24.0 Å². The molecule has 1 atom stereocenters. The number of amides is 2. The molecule has 0 aliphatic carbocycles. The van der Waals surface area contributed by atoms with Gasteiger partial charge in [-0.25, -0.2) is 9.59 Å². The number of rotatable bonds is 8. The Bertz CT molecular complexity index is 319. The van der Waals surface area contributed by atoms with Crippen molar-refractivity contribution in [1.29, 1.82) is 0 Å². The van der Waals surface area contributed by atoms with E-state index in [9.17, 15) is 14.4 Å². The van der Waals surface area contributed by atoms with E-state index in [1.54, 1.807) is 6.92 Å². The van der Waals surface area contributed by atoms with Crippen LogP contribution in [0.1, 0.15) is 33.1 Å². The molecule has 0 aliphatic rings. The Kier molecular flexibility index (Phi) is 8.32. The van der Waals surface area contributed by atoms with Crippen LogP contribution in [0.2, 0.25) is 0 Å². The summed E-state index contributed by atoms with van der Waals surface area (Å²) in [7, 11) is 1.23. The zero-order valence-electron chi connectivity index (χ0n) is 11.6. The fourth-order valence-corrected chi connectivity index (χ4v) is 1.45. The van der Waals surface area contributed by atoms with Crippen LogP contribution in [0.15, 0.2) is 0 Å². The summed E-state index contributed by atoms with van der Waals surface area (Å²) >= 11 is 0. The number of carboxylic acid groups (broad SMARTS) is 1. The molecule has 0 rings (SSSR count). The van der Waals surface area contributed by atoms with Gasteiger partial charge in [0.05, 0.1) is 7.11 Å². The van der Waals surface area contributed by atoms with E-state index >= 15 is 0 Å². The Morgan fingerprint density at radius 1 is 1.32 bits per heavy atom. The van der Waals surface area contributed by atoms with Crippen LogP contribution in [0.4, 0.5) is 4.79 Å². The minimum absolute atomic E-state index is 0.195. The average Bonchev–Trinajstić information content (AvgIpc) is 2.39. The highest BCUT2D eigenvalue weighted by Crippen LogP contribution is 2.02. The standard InChI is InChI=1S/C12H22N2O5/c1-4-6-7-9(11(16)17)13-12(18)14(5-2)8-10(15)19-3/h9H,4-8H2,1-3H3,(H,13,18)(H,16,17). The Morgan fingerprint density at radius 2 is 1.95 bits per heavy atom. The van der Waals surface area contributed by atoms with Crippen LogP contribution < -0.4 is 5.32 Å². The van der Waals surface area contributed by atoms with Gasteiger partial charge in [0.25, 0.3) is 0 Å². The number of methoxy groups -OCH3 is 1. The third-order valence-electron chi connectivity index (χ3n) is 2.66. The second-order valence-corrected chi connectivity index (χ2v) is 4.07. The Morgan fingerprint density at radius 3 is 2.37 bits per heavy atom. The highest BCUT2D eigenvalue weighted by Gasteiger charge is 2.23. The molecular weight excluding hydrogens is 252 g/mol. The van der Waals surface area contributed by atoms with Gasteiger partial charge in [0, 0.05) is 6.54 Å². The van der Waals surface area contributed by atoms with Crippen molar-refractivity contribution in [1.82, 2.24) is 10.2 Å². The van der Waals surface area contributed by atoms with Gasteiger partial charge in [0.15, 0.2) is 0 Å². The van der Waals surface area contributed by atoms with Gasteiger partial charge in [0.2, 0.25) is 0 Å². The summed E-state index contributed by atoms with van der Waals surface area (Å²) in [4.78, 5) is 35.2. The van der Waals surface area contributed by atoms with Gasteiger partial charge in [-0.2, -0.15) is 0 Å². The van der Waals surface area contributed by atoms with Gasteiger partial charge in [-0.3, -0.25) is 4.79 Å². The number of hydrogen-bond donors (Lipinski definition) is 2. The van der Waals surface area contributed by atoms with Crippen molar-refractivity contribution in [3.63, 3.8) is 0 Å². The van der Waals surface area contributed by atoms with Crippen molar-refractivity contribution in [2.45, 2.75) is 39.2 Å². The molecule has 7 heteroatoms. The number of hydrogen-bond acceptors (Lipinski definition) is 4. The molecular formula is C12H22N2O5. The predicted octanol–water partition coefficient (Wildman–Crippen LogP) is 0.834. The number of ether oxygens (including phenoxy) is 1. The summed E-state index contributed by atoms with van der Waals surface area (Å²) in [5.41, 5.74) is 0. The molecule has 7 nitrogen and oxygen atoms in total. The fraction of sp³-hybridized carbons (Fsp3) is 0.750. The Balaban J connectivity index is 4.50. The molecule has 2 amide bonds. The van der Waals surface area contributed by atoms with Crippen molar-refractivity contribution >= 4 is 18.0 Å². The molecule has 0 aromatic heterocycles. The second-order valence-electron chi connectivity index (χ2n) is 4.07. The maximum atomic E-state index is 11.8. The van der Waals surface area contributed by atoms with Gasteiger partial charge < -0.3 is 20.1 Å². The first kappa shape index (κ1) is 17.2. The smallest absolute Gasteiger partial charge is 0.326 e. The summed E-state index contributed by atoms with van der Waals surface area (Å²) in [5.74, 6) is -1.62. The summed E-state index contributed by atoms with van der Waals surface area (Å²) in [5, 5.41) is 11.4. The number of carboxylic acids is 1. The number of esters is 1. The summed E-state index contributed by atoms with van der Waals surface area (Å²) in [6.07, 6.45) is 1.92. The topological polar surface area (TPSA) is 95.9 Å². The summed E-state index contributed by atoms with van der Waals surface area (Å²) < 4.78 is 4.47. The van der Waals surface area contributed by atoms with E-state index in [1.165, 1.54) is 12.0 Å². The number of nitrogens with one attached hydrogen (secondary N) is 1. The molecule has 2 N–H and O–H groups in total. The lowest BCUT2D eigenvalue weighted by Gasteiger charge is -2.22. The van der Waals surface area contributed by atoms with Crippen LogP contribution in [0.3, 0.4) is 0 Å². The van der Waals surface area contributed by atoms with E-state index in [0.29, 0.717) is 19.4 Å². The first-order valence-electron chi connectivity index (χ1n) is 6.31. The molecule has 1 unspecified atom stereocenters. The van der Waals surface area contributed by atoms with Gasteiger partial charge in [0.1, 0.15) is 12.6 Å². The first-order valence-corrected chi connectivity index (χ1v) is 6.31. The van der Waals surface area contributed by atoms with Crippen molar-refractivity contribution in [2.24, 2.45) is 0 Å². The third kappa shape index (κ3) is 6.64. The lowest BCUT2D eigenvalue weighted by Crippen LogP contribution is -2.49. The molecule has 0 aromatic carbocycles. The number of unbranched alkanes of at least 4 members (excludes halogenated alkanes) is 1. The number of carbonyl (C=O) groups is 3. The third-order valence-corrected chi connectivity index (χ3v) is 2.66. The van der Waals surface area contributed by atoms with E-state index in [0.717, 1.165) is 6.42 Å². The number of carbonyl (C=O) groups excluding carboxylic acids is 2. The summed E-state index contributed by atoms with van der Waals surface area (Å²) in [6.45, 7) is 3.74. The number of aliphatic carboxylic acids is 1. The van der Waals surface area contributed by atoms with E-state index in [-0.39, 0.29) is 6.54 Å². The predicted molar refractivity (Wildman–Crippen MR) is 68.7 cm³/mol. The fourth-order valence-electron chi connectivity index (χ4n) is 1.45. The maximum absolute atomic E-state index is 11.8. The van der Waals surface area contributed by atoms with Crippen LogP contribution in [0.5, 0.6) is 0 Å². The largest absolute Gasteiger partial charge is 0.480 e. The van der Waals surface area contributed by atoms with E-state index in [4.69, 9.17) is 5.11 Å². The SMILES string of the molecule is CCCCC(NC(=O)N(CC)CC(=O)OC)C(=O)O. The zero-order chi connectivity index (χ0) is 14.8. The minimum Gasteiger partial charge on any atom is -0.480 e. The molecule has 110 valence electrons. The number of urea groups is 1. The lowest BCUT2D eigenvalue weighted by atomic mass is 10.1. The Hall–Kier alpha value is -1.79. The van der Waals surface area contributed by atoms with Gasteiger partial charge >= 0.3 is 18.0 Å². The second kappa shape index (κ2) is 9.18. The molecule has 0 bridgehead atoms. The van der Waals surface area contributed by atoms with Gasteiger partial charge in [-0.15, -0.1) is 0 Å². The quantitative estimate of drug-likeness (QED) is 0.639. The summed E-state index contributed by atoms with van der Waals surface area (Å²) in [6, 6.07) is -1.50. The molecule has 19 heavy (non-hydrogen) atoms. The molecule has 0 fully saturated rings. The van der Waals surface area contributed by atoms with E-state index in [1.807, 2.05) is 6.92 Å². The minimum atomic E-state index is -1.07. The van der Waals surface area contributed by atoms with Crippen molar-refractivity contribution < 1.29 is 24.2 Å². The van der Waals surface area contributed by atoms with Gasteiger partial charge in [-0.1, -0.05) is 19.8 Å². The normalized spacial score (nSPS) is 11.5. The van der Waals surface area contributed by atoms with Crippen LogP contribution in [-0.2, 0) is 14.3 Å². The zero-order valence-corrected chi connectivity index (χ0v) is 11.6. The molecule has 0 aliphatic heterocycles. The van der Waals surface area contributed by atoms with Crippen LogP contribution >= 0.6 is 0 Å². The molecule has 0 spiro atoms. The maximum Gasteiger partial charge on any atom is 0.326 e.